The Balaban J connectivity index is 2.13. The number of carbonyl (C=O) groups is 2. The van der Waals surface area contributed by atoms with E-state index in [2.05, 4.69) is 20.8 Å². The molecule has 0 saturated carbocycles. The second-order valence-electron chi connectivity index (χ2n) is 4.65. The largest absolute Gasteiger partial charge is 0.347 e. The summed E-state index contributed by atoms with van der Waals surface area (Å²) in [5.74, 6) is -0.544. The third kappa shape index (κ3) is 3.85. The molecule has 0 radical (unpaired) electrons. The van der Waals surface area contributed by atoms with Crippen LogP contribution in [0, 0.1) is 0 Å². The molecular weight excluding hydrogens is 272 g/mol. The van der Waals surface area contributed by atoms with Gasteiger partial charge >= 0.3 is 0 Å². The third-order valence-corrected chi connectivity index (χ3v) is 2.82. The van der Waals surface area contributed by atoms with E-state index in [9.17, 15) is 9.59 Å². The van der Waals surface area contributed by atoms with Crippen LogP contribution < -0.4 is 5.32 Å². The molecular formula is C13H16N6O2. The summed E-state index contributed by atoms with van der Waals surface area (Å²) in [4.78, 5) is 25.7. The van der Waals surface area contributed by atoms with Crippen molar-refractivity contribution in [3.8, 4) is 0 Å². The number of benzene rings is 1. The predicted molar refractivity (Wildman–Crippen MR) is 73.8 cm³/mol. The average molecular weight is 288 g/mol. The highest BCUT2D eigenvalue weighted by atomic mass is 16.2. The van der Waals surface area contributed by atoms with Crippen molar-refractivity contribution in [1.29, 1.82) is 0 Å². The topological polar surface area (TPSA) is 93.0 Å². The molecule has 0 unspecified atom stereocenters. The van der Waals surface area contributed by atoms with Gasteiger partial charge in [0.25, 0.3) is 0 Å². The fourth-order valence-corrected chi connectivity index (χ4v) is 1.80. The van der Waals surface area contributed by atoms with Gasteiger partial charge in [-0.05, 0) is 16.0 Å². The SMILES string of the molecule is CN(C)C(=O)[C@@H](NC(=O)Cn1cnnn1)c1ccccc1. The molecule has 0 aliphatic rings. The molecule has 110 valence electrons. The smallest absolute Gasteiger partial charge is 0.249 e. The van der Waals surface area contributed by atoms with Crippen molar-refractivity contribution < 1.29 is 9.59 Å². The molecule has 0 spiro atoms. The van der Waals surface area contributed by atoms with Crippen molar-refractivity contribution in [2.75, 3.05) is 14.1 Å². The Morgan fingerprint density at radius 3 is 2.57 bits per heavy atom. The number of carbonyl (C=O) groups excluding carboxylic acids is 2. The summed E-state index contributed by atoms with van der Waals surface area (Å²) in [5.41, 5.74) is 0.723. The number of tetrazole rings is 1. The summed E-state index contributed by atoms with van der Waals surface area (Å²) in [6.45, 7) is -0.0446. The van der Waals surface area contributed by atoms with Crippen LogP contribution in [0.3, 0.4) is 0 Å². The van der Waals surface area contributed by atoms with E-state index in [0.717, 1.165) is 5.56 Å². The van der Waals surface area contributed by atoms with Crippen molar-refractivity contribution in [3.05, 3.63) is 42.2 Å². The highest BCUT2D eigenvalue weighted by molar-refractivity contribution is 5.88. The van der Waals surface area contributed by atoms with Crippen LogP contribution in [0.5, 0.6) is 0 Å². The van der Waals surface area contributed by atoms with Gasteiger partial charge < -0.3 is 10.2 Å². The monoisotopic (exact) mass is 288 g/mol. The molecule has 0 fully saturated rings. The van der Waals surface area contributed by atoms with E-state index >= 15 is 0 Å². The van der Waals surface area contributed by atoms with Crippen molar-refractivity contribution in [3.63, 3.8) is 0 Å². The molecule has 1 aromatic carbocycles. The Kier molecular flexibility index (Phi) is 4.60. The van der Waals surface area contributed by atoms with Crippen LogP contribution in [0.2, 0.25) is 0 Å². The zero-order chi connectivity index (χ0) is 15.2. The van der Waals surface area contributed by atoms with Gasteiger partial charge in [0.05, 0.1) is 0 Å². The molecule has 0 aliphatic carbocycles. The predicted octanol–water partition coefficient (Wildman–Crippen LogP) is -0.381. The lowest BCUT2D eigenvalue weighted by atomic mass is 10.1. The number of hydrogen-bond donors (Lipinski definition) is 1. The molecule has 1 heterocycles. The van der Waals surface area contributed by atoms with Crippen molar-refractivity contribution in [1.82, 2.24) is 30.4 Å². The van der Waals surface area contributed by atoms with Gasteiger partial charge in [-0.1, -0.05) is 30.3 Å². The van der Waals surface area contributed by atoms with Crippen LogP contribution in [0.1, 0.15) is 11.6 Å². The second-order valence-corrected chi connectivity index (χ2v) is 4.65. The second kappa shape index (κ2) is 6.60. The highest BCUT2D eigenvalue weighted by Gasteiger charge is 2.24. The number of nitrogens with zero attached hydrogens (tertiary/aromatic N) is 5. The van der Waals surface area contributed by atoms with Crippen LogP contribution in [-0.4, -0.2) is 51.0 Å². The van der Waals surface area contributed by atoms with Crippen LogP contribution >= 0.6 is 0 Å². The molecule has 2 rings (SSSR count). The summed E-state index contributed by atoms with van der Waals surface area (Å²) in [5, 5.41) is 13.2. The fraction of sp³-hybridized carbons (Fsp3) is 0.308. The standard InChI is InChI=1S/C13H16N6O2/c1-18(2)13(21)12(10-6-4-3-5-7-10)15-11(20)8-19-9-14-16-17-19/h3-7,9,12H,8H2,1-2H3,(H,15,20)/t12-/m0/s1. The highest BCUT2D eigenvalue weighted by Crippen LogP contribution is 2.14. The normalized spacial score (nSPS) is 11.7. The maximum absolute atomic E-state index is 12.2. The van der Waals surface area contributed by atoms with E-state index in [0.29, 0.717) is 0 Å². The molecule has 0 bridgehead atoms. The van der Waals surface area contributed by atoms with Crippen LogP contribution in [0.15, 0.2) is 36.7 Å². The number of aromatic nitrogens is 4. The number of nitrogens with one attached hydrogen (secondary N) is 1. The molecule has 0 aliphatic heterocycles. The van der Waals surface area contributed by atoms with E-state index in [1.165, 1.54) is 15.9 Å². The molecule has 1 N–H and O–H groups in total. The van der Waals surface area contributed by atoms with Gasteiger partial charge in [-0.15, -0.1) is 5.10 Å². The van der Waals surface area contributed by atoms with Crippen LogP contribution in [-0.2, 0) is 16.1 Å². The lowest BCUT2D eigenvalue weighted by Gasteiger charge is -2.22. The van der Waals surface area contributed by atoms with Crippen molar-refractivity contribution in [2.45, 2.75) is 12.6 Å². The number of rotatable bonds is 5. The van der Waals surface area contributed by atoms with Crippen LogP contribution in [0.4, 0.5) is 0 Å². The Labute approximate surface area is 121 Å². The minimum Gasteiger partial charge on any atom is -0.347 e. The van der Waals surface area contributed by atoms with E-state index in [1.54, 1.807) is 26.2 Å². The van der Waals surface area contributed by atoms with E-state index in [-0.39, 0.29) is 18.4 Å². The fourth-order valence-electron chi connectivity index (χ4n) is 1.80. The minimum atomic E-state index is -0.731. The first-order valence-corrected chi connectivity index (χ1v) is 6.34. The summed E-state index contributed by atoms with van der Waals surface area (Å²) < 4.78 is 1.29. The zero-order valence-electron chi connectivity index (χ0n) is 11.8. The Morgan fingerprint density at radius 1 is 1.29 bits per heavy atom. The Hall–Kier alpha value is -2.77. The molecule has 1 atom stereocenters. The van der Waals surface area contributed by atoms with Gasteiger partial charge in [-0.25, -0.2) is 4.68 Å². The lowest BCUT2D eigenvalue weighted by Crippen LogP contribution is -2.41. The van der Waals surface area contributed by atoms with Gasteiger partial charge in [0.1, 0.15) is 18.9 Å². The molecule has 21 heavy (non-hydrogen) atoms. The first-order chi connectivity index (χ1) is 10.1. The molecule has 1 aromatic heterocycles. The summed E-state index contributed by atoms with van der Waals surface area (Å²) in [7, 11) is 3.29. The van der Waals surface area contributed by atoms with Crippen LogP contribution in [0.25, 0.3) is 0 Å². The maximum atomic E-state index is 12.2. The lowest BCUT2D eigenvalue weighted by molar-refractivity contribution is -0.134. The van der Waals surface area contributed by atoms with E-state index < -0.39 is 6.04 Å². The number of amides is 2. The molecule has 2 aromatic rings. The van der Waals surface area contributed by atoms with Gasteiger partial charge in [0.2, 0.25) is 11.8 Å². The summed E-state index contributed by atoms with van der Waals surface area (Å²) in [6.07, 6.45) is 1.34. The average Bonchev–Trinajstić information content (AvgIpc) is 2.97. The van der Waals surface area contributed by atoms with E-state index in [4.69, 9.17) is 0 Å². The minimum absolute atomic E-state index is 0.0446. The van der Waals surface area contributed by atoms with Gasteiger partial charge in [-0.3, -0.25) is 9.59 Å². The molecule has 8 heteroatoms. The first-order valence-electron chi connectivity index (χ1n) is 6.34. The van der Waals surface area contributed by atoms with Gasteiger partial charge in [0.15, 0.2) is 0 Å². The van der Waals surface area contributed by atoms with Gasteiger partial charge in [-0.2, -0.15) is 0 Å². The quantitative estimate of drug-likeness (QED) is 0.809. The summed E-state index contributed by atoms with van der Waals surface area (Å²) in [6, 6.07) is 8.35. The maximum Gasteiger partial charge on any atom is 0.249 e. The van der Waals surface area contributed by atoms with E-state index in [1.807, 2.05) is 18.2 Å². The van der Waals surface area contributed by atoms with Gasteiger partial charge in [0, 0.05) is 14.1 Å². The number of hydrogen-bond acceptors (Lipinski definition) is 5. The Morgan fingerprint density at radius 2 is 2.00 bits per heavy atom. The van der Waals surface area contributed by atoms with Crippen molar-refractivity contribution >= 4 is 11.8 Å². The zero-order valence-corrected chi connectivity index (χ0v) is 11.8. The van der Waals surface area contributed by atoms with Crippen molar-refractivity contribution in [2.24, 2.45) is 0 Å². The summed E-state index contributed by atoms with van der Waals surface area (Å²) >= 11 is 0. The first kappa shape index (κ1) is 14.6. The Bertz CT molecular complexity index is 596. The molecule has 2 amide bonds. The number of likely N-dealkylation sites (N-methyl/N-ethyl adjacent to an activating group) is 1. The molecule has 0 saturated heterocycles. The third-order valence-electron chi connectivity index (χ3n) is 2.82. The molecule has 8 nitrogen and oxygen atoms in total.